The number of hydrogen-bond acceptors (Lipinski definition) is 2. The lowest BCUT2D eigenvalue weighted by Gasteiger charge is -2.05. The SMILES string of the molecule is CCc1cnn(-c2ccccc2F)c1N. The van der Waals surface area contributed by atoms with Gasteiger partial charge in [0.1, 0.15) is 17.3 Å². The lowest BCUT2D eigenvalue weighted by molar-refractivity contribution is 0.612. The van der Waals surface area contributed by atoms with E-state index in [1.54, 1.807) is 24.4 Å². The van der Waals surface area contributed by atoms with E-state index in [0.717, 1.165) is 12.0 Å². The minimum absolute atomic E-state index is 0.324. The van der Waals surface area contributed by atoms with Crippen molar-refractivity contribution < 1.29 is 4.39 Å². The van der Waals surface area contributed by atoms with Crippen molar-refractivity contribution in [3.8, 4) is 5.69 Å². The standard InChI is InChI=1S/C11H12FN3/c1-2-8-7-14-15(11(8)13)10-6-4-3-5-9(10)12/h3-7H,2,13H2,1H3. The Kier molecular flexibility index (Phi) is 2.41. The molecule has 15 heavy (non-hydrogen) atoms. The van der Waals surface area contributed by atoms with Gasteiger partial charge < -0.3 is 5.73 Å². The van der Waals surface area contributed by atoms with Gasteiger partial charge in [0.05, 0.1) is 6.20 Å². The van der Waals surface area contributed by atoms with Crippen molar-refractivity contribution in [2.45, 2.75) is 13.3 Å². The first-order valence-electron chi connectivity index (χ1n) is 4.81. The third kappa shape index (κ3) is 1.58. The highest BCUT2D eigenvalue weighted by atomic mass is 19.1. The van der Waals surface area contributed by atoms with Crippen molar-refractivity contribution in [3.63, 3.8) is 0 Å². The molecule has 78 valence electrons. The van der Waals surface area contributed by atoms with Gasteiger partial charge in [-0.1, -0.05) is 19.1 Å². The van der Waals surface area contributed by atoms with E-state index in [1.807, 2.05) is 6.92 Å². The Hall–Kier alpha value is -1.84. The molecule has 0 unspecified atom stereocenters. The van der Waals surface area contributed by atoms with E-state index in [9.17, 15) is 4.39 Å². The molecule has 0 aliphatic rings. The fraction of sp³-hybridized carbons (Fsp3) is 0.182. The van der Waals surface area contributed by atoms with Crippen LogP contribution in [0.5, 0.6) is 0 Å². The molecular weight excluding hydrogens is 193 g/mol. The highest BCUT2D eigenvalue weighted by Gasteiger charge is 2.10. The van der Waals surface area contributed by atoms with Crippen molar-refractivity contribution in [2.75, 3.05) is 5.73 Å². The number of aromatic nitrogens is 2. The minimum Gasteiger partial charge on any atom is -0.383 e. The number of benzene rings is 1. The molecule has 2 N–H and O–H groups in total. The molecule has 0 bridgehead atoms. The molecule has 1 heterocycles. The van der Waals surface area contributed by atoms with Crippen molar-refractivity contribution >= 4 is 5.82 Å². The Labute approximate surface area is 87.3 Å². The quantitative estimate of drug-likeness (QED) is 0.816. The monoisotopic (exact) mass is 205 g/mol. The van der Waals surface area contributed by atoms with Crippen LogP contribution in [0.3, 0.4) is 0 Å². The highest BCUT2D eigenvalue weighted by molar-refractivity contribution is 5.47. The molecule has 2 aromatic rings. The summed E-state index contributed by atoms with van der Waals surface area (Å²) in [4.78, 5) is 0. The zero-order valence-corrected chi connectivity index (χ0v) is 8.44. The third-order valence-electron chi connectivity index (χ3n) is 2.35. The van der Waals surface area contributed by atoms with Gasteiger partial charge in [0.25, 0.3) is 0 Å². The Morgan fingerprint density at radius 1 is 1.40 bits per heavy atom. The Bertz CT molecular complexity index is 476. The second-order valence-electron chi connectivity index (χ2n) is 3.27. The average molecular weight is 205 g/mol. The van der Waals surface area contributed by atoms with Crippen LogP contribution < -0.4 is 5.73 Å². The van der Waals surface area contributed by atoms with Crippen molar-refractivity contribution in [1.29, 1.82) is 0 Å². The predicted molar refractivity (Wildman–Crippen MR) is 57.3 cm³/mol. The highest BCUT2D eigenvalue weighted by Crippen LogP contribution is 2.19. The van der Waals surface area contributed by atoms with Crippen LogP contribution in [0.4, 0.5) is 10.2 Å². The van der Waals surface area contributed by atoms with Gasteiger partial charge in [0.15, 0.2) is 0 Å². The molecule has 4 heteroatoms. The number of nitrogens with zero attached hydrogens (tertiary/aromatic N) is 2. The third-order valence-corrected chi connectivity index (χ3v) is 2.35. The van der Waals surface area contributed by atoms with Crippen molar-refractivity contribution in [3.05, 3.63) is 41.8 Å². The first-order valence-corrected chi connectivity index (χ1v) is 4.81. The van der Waals surface area contributed by atoms with Crippen LogP contribution in [0.25, 0.3) is 5.69 Å². The molecule has 3 nitrogen and oxygen atoms in total. The summed E-state index contributed by atoms with van der Waals surface area (Å²) < 4.78 is 14.9. The second kappa shape index (κ2) is 3.73. The average Bonchev–Trinajstić information content (AvgIpc) is 2.60. The van der Waals surface area contributed by atoms with E-state index in [0.29, 0.717) is 11.5 Å². The van der Waals surface area contributed by atoms with Gasteiger partial charge in [0.2, 0.25) is 0 Å². The van der Waals surface area contributed by atoms with E-state index in [-0.39, 0.29) is 5.82 Å². The maximum atomic E-state index is 13.5. The number of rotatable bonds is 2. The van der Waals surface area contributed by atoms with Gasteiger partial charge in [-0.25, -0.2) is 9.07 Å². The number of hydrogen-bond donors (Lipinski definition) is 1. The zero-order chi connectivity index (χ0) is 10.8. The summed E-state index contributed by atoms with van der Waals surface area (Å²) in [5.41, 5.74) is 7.16. The molecule has 0 fully saturated rings. The lowest BCUT2D eigenvalue weighted by Crippen LogP contribution is -2.04. The molecule has 0 atom stereocenters. The number of nitrogens with two attached hydrogens (primary N) is 1. The summed E-state index contributed by atoms with van der Waals surface area (Å²) in [6.45, 7) is 1.99. The van der Waals surface area contributed by atoms with Crippen LogP contribution in [0.1, 0.15) is 12.5 Å². The first-order chi connectivity index (χ1) is 7.24. The maximum absolute atomic E-state index is 13.5. The topological polar surface area (TPSA) is 43.8 Å². The van der Waals surface area contributed by atoms with Crippen LogP contribution in [-0.4, -0.2) is 9.78 Å². The molecule has 0 saturated carbocycles. The smallest absolute Gasteiger partial charge is 0.148 e. The summed E-state index contributed by atoms with van der Waals surface area (Å²) in [5.74, 6) is 0.178. The Morgan fingerprint density at radius 2 is 2.13 bits per heavy atom. The van der Waals surface area contributed by atoms with Crippen LogP contribution in [0.2, 0.25) is 0 Å². The Balaban J connectivity index is 2.55. The van der Waals surface area contributed by atoms with Crippen molar-refractivity contribution in [1.82, 2.24) is 9.78 Å². The van der Waals surface area contributed by atoms with Crippen molar-refractivity contribution in [2.24, 2.45) is 0 Å². The fourth-order valence-electron chi connectivity index (χ4n) is 1.48. The van der Waals surface area contributed by atoms with E-state index >= 15 is 0 Å². The van der Waals surface area contributed by atoms with Gasteiger partial charge in [0, 0.05) is 5.56 Å². The van der Waals surface area contributed by atoms with E-state index < -0.39 is 0 Å². The number of nitrogen functional groups attached to an aromatic ring is 1. The summed E-state index contributed by atoms with van der Waals surface area (Å²) in [5, 5.41) is 4.07. The molecule has 0 saturated heterocycles. The number of aryl methyl sites for hydroxylation is 1. The summed E-state index contributed by atoms with van der Waals surface area (Å²) in [6.07, 6.45) is 2.46. The number of anilines is 1. The normalized spacial score (nSPS) is 10.5. The van der Waals surface area contributed by atoms with Crippen LogP contribution in [0, 0.1) is 5.82 Å². The van der Waals surface area contributed by atoms with Gasteiger partial charge in [-0.15, -0.1) is 0 Å². The van der Waals surface area contributed by atoms with Gasteiger partial charge >= 0.3 is 0 Å². The first kappa shape index (κ1) is 9.71. The lowest BCUT2D eigenvalue weighted by atomic mass is 10.2. The van der Waals surface area contributed by atoms with Crippen LogP contribution >= 0.6 is 0 Å². The summed E-state index contributed by atoms with van der Waals surface area (Å²) >= 11 is 0. The molecule has 2 rings (SSSR count). The number of para-hydroxylation sites is 1. The molecule has 1 aromatic carbocycles. The van der Waals surface area contributed by atoms with Crippen LogP contribution in [0.15, 0.2) is 30.5 Å². The fourth-order valence-corrected chi connectivity index (χ4v) is 1.48. The van der Waals surface area contributed by atoms with E-state index in [1.165, 1.54) is 10.7 Å². The van der Waals surface area contributed by atoms with Gasteiger partial charge in [-0.2, -0.15) is 5.10 Å². The molecule has 0 aliphatic carbocycles. The zero-order valence-electron chi connectivity index (χ0n) is 8.44. The minimum atomic E-state index is -0.324. The summed E-state index contributed by atoms with van der Waals surface area (Å²) in [7, 11) is 0. The van der Waals surface area contributed by atoms with Gasteiger partial charge in [-0.3, -0.25) is 0 Å². The molecule has 0 spiro atoms. The second-order valence-corrected chi connectivity index (χ2v) is 3.27. The van der Waals surface area contributed by atoms with E-state index in [2.05, 4.69) is 5.10 Å². The molecule has 0 aliphatic heterocycles. The number of halogens is 1. The maximum Gasteiger partial charge on any atom is 0.148 e. The molecule has 0 amide bonds. The summed E-state index contributed by atoms with van der Waals surface area (Å²) in [6, 6.07) is 6.44. The largest absolute Gasteiger partial charge is 0.383 e. The predicted octanol–water partition coefficient (Wildman–Crippen LogP) is 2.16. The van der Waals surface area contributed by atoms with Crippen LogP contribution in [-0.2, 0) is 6.42 Å². The molecule has 1 aromatic heterocycles. The van der Waals surface area contributed by atoms with Gasteiger partial charge in [-0.05, 0) is 18.6 Å². The van der Waals surface area contributed by atoms with E-state index in [4.69, 9.17) is 5.73 Å². The molecular formula is C11H12FN3. The Morgan fingerprint density at radius 3 is 2.73 bits per heavy atom. The molecule has 0 radical (unpaired) electrons.